The molecule has 7 heteroatoms. The predicted molar refractivity (Wildman–Crippen MR) is 111 cm³/mol. The first-order valence-corrected chi connectivity index (χ1v) is 11.2. The Morgan fingerprint density at radius 1 is 1.15 bits per heavy atom. The highest BCUT2D eigenvalue weighted by atomic mass is 79.9. The molecule has 0 spiro atoms. The first kappa shape index (κ1) is 20.0. The largest absolute Gasteiger partial charge is 0.378 e. The van der Waals surface area contributed by atoms with Crippen molar-refractivity contribution in [1.29, 1.82) is 0 Å². The number of ketones is 1. The molecule has 27 heavy (non-hydrogen) atoms. The highest BCUT2D eigenvalue weighted by Gasteiger charge is 2.28. The van der Waals surface area contributed by atoms with Crippen molar-refractivity contribution in [1.82, 2.24) is 4.31 Å². The van der Waals surface area contributed by atoms with Crippen LogP contribution in [0, 0.1) is 5.92 Å². The van der Waals surface area contributed by atoms with Crippen LogP contribution in [0.15, 0.2) is 57.9 Å². The molecule has 0 bridgehead atoms. The molecule has 144 valence electrons. The summed E-state index contributed by atoms with van der Waals surface area (Å²) in [6.45, 7) is 3.40. The molecule has 1 saturated heterocycles. The zero-order chi connectivity index (χ0) is 19.4. The quantitative estimate of drug-likeness (QED) is 0.670. The maximum atomic E-state index is 12.7. The molecule has 1 aliphatic rings. The Bertz CT molecular complexity index is 905. The second kappa shape index (κ2) is 8.54. The van der Waals surface area contributed by atoms with Gasteiger partial charge in [0.15, 0.2) is 5.78 Å². The Morgan fingerprint density at radius 3 is 2.44 bits per heavy atom. The summed E-state index contributed by atoms with van der Waals surface area (Å²) in [6, 6.07) is 13.8. The smallest absolute Gasteiger partial charge is 0.243 e. The first-order chi connectivity index (χ1) is 12.9. The number of Topliss-reactive ketones (excluding diaryl/α,β-unsaturated/α-hetero) is 1. The summed E-state index contributed by atoms with van der Waals surface area (Å²) in [5, 5.41) is 3.08. The van der Waals surface area contributed by atoms with E-state index < -0.39 is 10.0 Å². The van der Waals surface area contributed by atoms with E-state index in [1.165, 1.54) is 12.1 Å². The summed E-state index contributed by atoms with van der Waals surface area (Å²) in [5.74, 6) is 0.472. The number of hydrogen-bond donors (Lipinski definition) is 1. The summed E-state index contributed by atoms with van der Waals surface area (Å²) in [5.41, 5.74) is 1.33. The van der Waals surface area contributed by atoms with Gasteiger partial charge in [-0.3, -0.25) is 4.79 Å². The van der Waals surface area contributed by atoms with Gasteiger partial charge in [-0.05, 0) is 61.2 Å². The number of halogens is 1. The van der Waals surface area contributed by atoms with Crippen LogP contribution in [0.2, 0.25) is 0 Å². The van der Waals surface area contributed by atoms with E-state index in [1.807, 2.05) is 24.3 Å². The topological polar surface area (TPSA) is 66.5 Å². The summed E-state index contributed by atoms with van der Waals surface area (Å²) < 4.78 is 28.0. The van der Waals surface area contributed by atoms with Gasteiger partial charge in [-0.25, -0.2) is 8.42 Å². The van der Waals surface area contributed by atoms with Crippen molar-refractivity contribution < 1.29 is 13.2 Å². The maximum Gasteiger partial charge on any atom is 0.243 e. The van der Waals surface area contributed by atoms with Gasteiger partial charge in [0.2, 0.25) is 10.0 Å². The maximum absolute atomic E-state index is 12.7. The molecular weight excluding hydrogens is 428 g/mol. The molecular formula is C20H23BrN2O3S. The standard InChI is InChI=1S/C20H23BrN2O3S/c1-15-9-11-23(12-10-15)27(25,26)19-7-5-16(6-8-19)20(24)14-22-18-4-2-3-17(21)13-18/h2-8,13,15,22H,9-12,14H2,1H3. The van der Waals surface area contributed by atoms with Crippen molar-refractivity contribution in [2.24, 2.45) is 5.92 Å². The van der Waals surface area contributed by atoms with E-state index in [1.54, 1.807) is 16.4 Å². The molecule has 0 unspecified atom stereocenters. The normalized spacial score (nSPS) is 16.2. The van der Waals surface area contributed by atoms with E-state index in [0.29, 0.717) is 24.6 Å². The fraction of sp³-hybridized carbons (Fsp3) is 0.350. The second-order valence-electron chi connectivity index (χ2n) is 6.90. The second-order valence-corrected chi connectivity index (χ2v) is 9.75. The molecule has 0 atom stereocenters. The van der Waals surface area contributed by atoms with Crippen LogP contribution in [0.25, 0.3) is 0 Å². The van der Waals surface area contributed by atoms with Crippen LogP contribution in [-0.2, 0) is 10.0 Å². The number of carbonyl (C=O) groups is 1. The van der Waals surface area contributed by atoms with Crippen molar-refractivity contribution in [3.05, 3.63) is 58.6 Å². The lowest BCUT2D eigenvalue weighted by atomic mass is 10.0. The molecule has 2 aromatic carbocycles. The molecule has 5 nitrogen and oxygen atoms in total. The number of sulfonamides is 1. The highest BCUT2D eigenvalue weighted by Crippen LogP contribution is 2.23. The summed E-state index contributed by atoms with van der Waals surface area (Å²) >= 11 is 3.39. The number of piperidine rings is 1. The van der Waals surface area contributed by atoms with Crippen LogP contribution in [0.3, 0.4) is 0 Å². The number of benzene rings is 2. The monoisotopic (exact) mass is 450 g/mol. The molecule has 0 saturated carbocycles. The molecule has 1 heterocycles. The number of rotatable bonds is 6. The predicted octanol–water partition coefficient (Wildman–Crippen LogP) is 4.16. The Morgan fingerprint density at radius 2 is 1.81 bits per heavy atom. The molecule has 3 rings (SSSR count). The van der Waals surface area contributed by atoms with Crippen LogP contribution >= 0.6 is 15.9 Å². The minimum absolute atomic E-state index is 0.0919. The van der Waals surface area contributed by atoms with E-state index in [4.69, 9.17) is 0 Å². The van der Waals surface area contributed by atoms with E-state index in [0.717, 1.165) is 23.0 Å². The van der Waals surface area contributed by atoms with Crippen LogP contribution in [0.5, 0.6) is 0 Å². The number of hydrogen-bond acceptors (Lipinski definition) is 4. The van der Waals surface area contributed by atoms with Gasteiger partial charge in [0.05, 0.1) is 11.4 Å². The Balaban J connectivity index is 1.64. The third-order valence-electron chi connectivity index (χ3n) is 4.83. The summed E-state index contributed by atoms with van der Waals surface area (Å²) in [4.78, 5) is 12.6. The molecule has 0 radical (unpaired) electrons. The molecule has 0 aliphatic carbocycles. The van der Waals surface area contributed by atoms with Crippen molar-refractivity contribution >= 4 is 37.4 Å². The number of anilines is 1. The van der Waals surface area contributed by atoms with Crippen LogP contribution in [0.4, 0.5) is 5.69 Å². The molecule has 1 N–H and O–H groups in total. The summed E-state index contributed by atoms with van der Waals surface area (Å²) in [7, 11) is -3.49. The molecule has 1 fully saturated rings. The van der Waals surface area contributed by atoms with Gasteiger partial charge in [-0.2, -0.15) is 4.31 Å². The van der Waals surface area contributed by atoms with Gasteiger partial charge in [0.25, 0.3) is 0 Å². The van der Waals surface area contributed by atoms with E-state index >= 15 is 0 Å². The fourth-order valence-corrected chi connectivity index (χ4v) is 4.94. The van der Waals surface area contributed by atoms with Crippen LogP contribution in [0.1, 0.15) is 30.1 Å². The average Bonchev–Trinajstić information content (AvgIpc) is 2.66. The van der Waals surface area contributed by atoms with E-state index in [-0.39, 0.29) is 17.2 Å². The van der Waals surface area contributed by atoms with Gasteiger partial charge in [0, 0.05) is 28.8 Å². The lowest BCUT2D eigenvalue weighted by Gasteiger charge is -2.29. The number of carbonyl (C=O) groups excluding carboxylic acids is 1. The van der Waals surface area contributed by atoms with Gasteiger partial charge in [0.1, 0.15) is 0 Å². The molecule has 2 aromatic rings. The third kappa shape index (κ3) is 4.97. The van der Waals surface area contributed by atoms with E-state index in [2.05, 4.69) is 28.2 Å². The molecule has 0 aromatic heterocycles. The third-order valence-corrected chi connectivity index (χ3v) is 7.24. The Labute approximate surface area is 169 Å². The minimum atomic E-state index is -3.49. The van der Waals surface area contributed by atoms with Crippen molar-refractivity contribution in [2.75, 3.05) is 25.0 Å². The van der Waals surface area contributed by atoms with Crippen LogP contribution < -0.4 is 5.32 Å². The average molecular weight is 451 g/mol. The fourth-order valence-electron chi connectivity index (χ4n) is 3.07. The number of nitrogens with zero attached hydrogens (tertiary/aromatic N) is 1. The first-order valence-electron chi connectivity index (χ1n) is 8.99. The SMILES string of the molecule is CC1CCN(S(=O)(=O)c2ccc(C(=O)CNc3cccc(Br)c3)cc2)CC1. The van der Waals surface area contributed by atoms with Crippen LogP contribution in [-0.4, -0.2) is 38.1 Å². The Kier molecular flexibility index (Phi) is 6.34. The lowest BCUT2D eigenvalue weighted by molar-refractivity contribution is 0.101. The van der Waals surface area contributed by atoms with Crippen molar-refractivity contribution in [3.63, 3.8) is 0 Å². The van der Waals surface area contributed by atoms with Gasteiger partial charge in [-0.1, -0.05) is 28.9 Å². The van der Waals surface area contributed by atoms with Gasteiger partial charge < -0.3 is 5.32 Å². The Hall–Kier alpha value is -1.70. The van der Waals surface area contributed by atoms with Gasteiger partial charge >= 0.3 is 0 Å². The van der Waals surface area contributed by atoms with Gasteiger partial charge in [-0.15, -0.1) is 0 Å². The van der Waals surface area contributed by atoms with E-state index in [9.17, 15) is 13.2 Å². The summed E-state index contributed by atoms with van der Waals surface area (Å²) in [6.07, 6.45) is 1.77. The van der Waals surface area contributed by atoms with Crippen molar-refractivity contribution in [2.45, 2.75) is 24.7 Å². The zero-order valence-electron chi connectivity index (χ0n) is 15.2. The highest BCUT2D eigenvalue weighted by molar-refractivity contribution is 9.10. The zero-order valence-corrected chi connectivity index (χ0v) is 17.6. The van der Waals surface area contributed by atoms with Crippen molar-refractivity contribution in [3.8, 4) is 0 Å². The molecule has 0 amide bonds. The minimum Gasteiger partial charge on any atom is -0.378 e. The lowest BCUT2D eigenvalue weighted by Crippen LogP contribution is -2.37. The number of nitrogens with one attached hydrogen (secondary N) is 1. The molecule has 1 aliphatic heterocycles.